The van der Waals surface area contributed by atoms with Crippen LogP contribution in [0.2, 0.25) is 0 Å². The predicted octanol–water partition coefficient (Wildman–Crippen LogP) is 5.93. The van der Waals surface area contributed by atoms with Gasteiger partial charge < -0.3 is 5.32 Å². The second-order valence-corrected chi connectivity index (χ2v) is 10.5. The summed E-state index contributed by atoms with van der Waals surface area (Å²) in [5, 5.41) is 7.55. The van der Waals surface area contributed by atoms with Crippen molar-refractivity contribution >= 4 is 18.0 Å². The van der Waals surface area contributed by atoms with Gasteiger partial charge in [0.15, 0.2) is 0 Å². The summed E-state index contributed by atoms with van der Waals surface area (Å²) in [7, 11) is 0. The van der Waals surface area contributed by atoms with Gasteiger partial charge in [-0.15, -0.1) is 0 Å². The molecule has 0 saturated heterocycles. The maximum Gasteiger partial charge on any atom is 0.277 e. The number of aryl methyl sites for hydroxylation is 2. The summed E-state index contributed by atoms with van der Waals surface area (Å²) in [6, 6.07) is 18.9. The zero-order valence-corrected chi connectivity index (χ0v) is 22.0. The van der Waals surface area contributed by atoms with E-state index < -0.39 is 0 Å². The second-order valence-electron chi connectivity index (χ2n) is 10.5. The van der Waals surface area contributed by atoms with E-state index in [1.165, 1.54) is 37.7 Å². The number of nitrogens with one attached hydrogen (secondary N) is 1. The van der Waals surface area contributed by atoms with Crippen molar-refractivity contribution in [1.29, 1.82) is 0 Å². The Labute approximate surface area is 214 Å². The van der Waals surface area contributed by atoms with Crippen molar-refractivity contribution in [2.75, 3.05) is 4.90 Å². The molecule has 3 aromatic rings. The maximum atomic E-state index is 13.4. The molecule has 0 bridgehead atoms. The monoisotopic (exact) mass is 486 g/mol. The molecule has 5 rings (SSSR count). The van der Waals surface area contributed by atoms with Gasteiger partial charge in [-0.2, -0.15) is 5.10 Å². The van der Waals surface area contributed by atoms with Crippen LogP contribution in [0.3, 0.4) is 0 Å². The van der Waals surface area contributed by atoms with Gasteiger partial charge in [0.2, 0.25) is 6.41 Å². The van der Waals surface area contributed by atoms with Gasteiger partial charge in [0.1, 0.15) is 5.69 Å². The number of carbonyl (C=O) groups excluding carboxylic acids is 2. The van der Waals surface area contributed by atoms with Crippen LogP contribution in [0.5, 0.6) is 0 Å². The van der Waals surface area contributed by atoms with Crippen LogP contribution in [0.1, 0.15) is 74.5 Å². The lowest BCUT2D eigenvalue weighted by Crippen LogP contribution is -2.55. The standard InChI is InChI=1S/C23H25N3O.C7H13NO/c1-5-17-10-12-18(13-11-17)19-14-21-22(27)26(20-9-7-6-8-16(20)2)23(3,4)15-25(21)24-19;9-6-8-7-4-2-1-3-5-7/h6-14H,5,15H2,1-4H3;6-7H,1-5H2,(H,8,9). The Morgan fingerprint density at radius 3 is 2.39 bits per heavy atom. The number of amides is 2. The summed E-state index contributed by atoms with van der Waals surface area (Å²) >= 11 is 0. The number of para-hydroxylation sites is 1. The summed E-state index contributed by atoms with van der Waals surface area (Å²) in [4.78, 5) is 25.3. The highest BCUT2D eigenvalue weighted by molar-refractivity contribution is 6.07. The molecule has 2 aliphatic rings. The number of fused-ring (bicyclic) bond motifs is 1. The molecule has 0 unspecified atom stereocenters. The number of benzene rings is 2. The fraction of sp³-hybridized carbons (Fsp3) is 0.433. The number of nitrogens with zero attached hydrogens (tertiary/aromatic N) is 3. The highest BCUT2D eigenvalue weighted by atomic mass is 16.2. The summed E-state index contributed by atoms with van der Waals surface area (Å²) in [6.45, 7) is 9.04. The molecule has 1 fully saturated rings. The zero-order chi connectivity index (χ0) is 25.7. The van der Waals surface area contributed by atoms with E-state index in [4.69, 9.17) is 5.10 Å². The molecule has 1 saturated carbocycles. The molecule has 1 aromatic heterocycles. The van der Waals surface area contributed by atoms with E-state index in [1.54, 1.807) is 0 Å². The smallest absolute Gasteiger partial charge is 0.277 e. The van der Waals surface area contributed by atoms with Gasteiger partial charge in [0.25, 0.3) is 5.91 Å². The molecule has 0 spiro atoms. The van der Waals surface area contributed by atoms with Gasteiger partial charge in [-0.05, 0) is 63.3 Å². The molecule has 2 heterocycles. The topological polar surface area (TPSA) is 67.2 Å². The third-order valence-electron chi connectivity index (χ3n) is 7.27. The largest absolute Gasteiger partial charge is 0.356 e. The number of hydrogen-bond acceptors (Lipinski definition) is 3. The van der Waals surface area contributed by atoms with E-state index in [0.29, 0.717) is 18.3 Å². The highest BCUT2D eigenvalue weighted by Gasteiger charge is 2.40. The van der Waals surface area contributed by atoms with Crippen molar-refractivity contribution in [2.24, 2.45) is 0 Å². The van der Waals surface area contributed by atoms with Gasteiger partial charge in [0.05, 0.1) is 17.8 Å². The Hall–Kier alpha value is -3.41. The highest BCUT2D eigenvalue weighted by Crippen LogP contribution is 2.35. The van der Waals surface area contributed by atoms with E-state index in [9.17, 15) is 9.59 Å². The molecular weight excluding hydrogens is 448 g/mol. The Balaban J connectivity index is 0.000000286. The van der Waals surface area contributed by atoms with Crippen molar-refractivity contribution in [2.45, 2.75) is 84.3 Å². The molecule has 190 valence electrons. The van der Waals surface area contributed by atoms with Crippen LogP contribution in [-0.4, -0.2) is 33.7 Å². The fourth-order valence-electron chi connectivity index (χ4n) is 5.20. The number of carbonyl (C=O) groups is 2. The quantitative estimate of drug-likeness (QED) is 0.455. The summed E-state index contributed by atoms with van der Waals surface area (Å²) in [5.74, 6) is 0.00415. The normalized spacial score (nSPS) is 17.1. The van der Waals surface area contributed by atoms with Crippen molar-refractivity contribution in [3.05, 3.63) is 71.4 Å². The average molecular weight is 487 g/mol. The lowest BCUT2D eigenvalue weighted by molar-refractivity contribution is -0.110. The van der Waals surface area contributed by atoms with Crippen LogP contribution < -0.4 is 10.2 Å². The Morgan fingerprint density at radius 1 is 1.06 bits per heavy atom. The predicted molar refractivity (Wildman–Crippen MR) is 145 cm³/mol. The van der Waals surface area contributed by atoms with Crippen molar-refractivity contribution in [3.8, 4) is 11.3 Å². The Bertz CT molecular complexity index is 1190. The van der Waals surface area contributed by atoms with Crippen LogP contribution in [0, 0.1) is 6.92 Å². The van der Waals surface area contributed by atoms with Gasteiger partial charge in [0, 0.05) is 17.3 Å². The minimum Gasteiger partial charge on any atom is -0.356 e. The fourth-order valence-corrected chi connectivity index (χ4v) is 5.20. The number of hydrogen-bond donors (Lipinski definition) is 1. The molecule has 2 amide bonds. The summed E-state index contributed by atoms with van der Waals surface area (Å²) < 4.78 is 1.86. The van der Waals surface area contributed by atoms with Crippen molar-refractivity contribution < 1.29 is 9.59 Å². The minimum absolute atomic E-state index is 0.00415. The Kier molecular flexibility index (Phi) is 7.92. The minimum atomic E-state index is -0.356. The first kappa shape index (κ1) is 25.7. The molecule has 1 aliphatic heterocycles. The molecule has 6 nitrogen and oxygen atoms in total. The summed E-state index contributed by atoms with van der Waals surface area (Å²) in [6.07, 6.45) is 8.10. The molecule has 2 aromatic carbocycles. The third kappa shape index (κ3) is 5.53. The first-order chi connectivity index (χ1) is 17.3. The molecule has 36 heavy (non-hydrogen) atoms. The van der Waals surface area contributed by atoms with E-state index in [0.717, 1.165) is 35.3 Å². The molecule has 1 aliphatic carbocycles. The molecule has 1 N–H and O–H groups in total. The van der Waals surface area contributed by atoms with E-state index in [1.807, 2.05) is 46.8 Å². The van der Waals surface area contributed by atoms with Crippen LogP contribution in [0.4, 0.5) is 5.69 Å². The van der Waals surface area contributed by atoms with Crippen LogP contribution in [0.25, 0.3) is 11.3 Å². The average Bonchev–Trinajstić information content (AvgIpc) is 3.30. The number of aromatic nitrogens is 2. The molecular formula is C30H38N4O2. The van der Waals surface area contributed by atoms with Gasteiger partial charge in [-0.25, -0.2) is 0 Å². The van der Waals surface area contributed by atoms with Crippen LogP contribution >= 0.6 is 0 Å². The first-order valence-corrected chi connectivity index (χ1v) is 13.1. The first-order valence-electron chi connectivity index (χ1n) is 13.1. The van der Waals surface area contributed by atoms with Crippen molar-refractivity contribution in [3.63, 3.8) is 0 Å². The maximum absolute atomic E-state index is 13.4. The van der Waals surface area contributed by atoms with E-state index >= 15 is 0 Å². The number of anilines is 1. The molecule has 6 heteroatoms. The SMILES string of the molecule is CCc1ccc(-c2cc3n(n2)CC(C)(C)N(c2ccccc2C)C3=O)cc1.O=CNC1CCCCC1. The lowest BCUT2D eigenvalue weighted by atomic mass is 9.96. The summed E-state index contributed by atoms with van der Waals surface area (Å²) in [5.41, 5.74) is 5.55. The zero-order valence-electron chi connectivity index (χ0n) is 22.0. The van der Waals surface area contributed by atoms with Gasteiger partial charge in [-0.1, -0.05) is 68.7 Å². The molecule has 0 radical (unpaired) electrons. The number of rotatable bonds is 5. The third-order valence-corrected chi connectivity index (χ3v) is 7.27. The second kappa shape index (κ2) is 11.1. The van der Waals surface area contributed by atoms with E-state index in [2.05, 4.69) is 50.4 Å². The Morgan fingerprint density at radius 2 is 1.75 bits per heavy atom. The van der Waals surface area contributed by atoms with Crippen LogP contribution in [0.15, 0.2) is 54.6 Å². The van der Waals surface area contributed by atoms with Gasteiger partial charge >= 0.3 is 0 Å². The van der Waals surface area contributed by atoms with Gasteiger partial charge in [-0.3, -0.25) is 19.2 Å². The van der Waals surface area contributed by atoms with E-state index in [-0.39, 0.29) is 11.4 Å². The molecule has 0 atom stereocenters. The van der Waals surface area contributed by atoms with Crippen LogP contribution in [-0.2, 0) is 17.8 Å². The lowest BCUT2D eigenvalue weighted by Gasteiger charge is -2.42. The van der Waals surface area contributed by atoms with Crippen molar-refractivity contribution in [1.82, 2.24) is 15.1 Å².